The number of carbonyl (C=O) groups excluding carboxylic acids is 1. The van der Waals surface area contributed by atoms with E-state index in [0.29, 0.717) is 49.8 Å². The Morgan fingerprint density at radius 1 is 0.967 bits per heavy atom. The molecule has 0 bridgehead atoms. The van der Waals surface area contributed by atoms with Crippen LogP contribution in [0.4, 0.5) is 13.2 Å². The first-order valence-electron chi connectivity index (χ1n) is 9.63. The average Bonchev–Trinajstić information content (AvgIpc) is 2.73. The number of alkyl halides is 3. The molecule has 0 radical (unpaired) electrons. The molecule has 1 amide bonds. The molecule has 1 fully saturated rings. The molecule has 5 nitrogen and oxygen atoms in total. The van der Waals surface area contributed by atoms with Crippen molar-refractivity contribution in [1.82, 2.24) is 9.80 Å². The van der Waals surface area contributed by atoms with Gasteiger partial charge >= 0.3 is 6.18 Å². The normalized spacial score (nSPS) is 15.2. The summed E-state index contributed by atoms with van der Waals surface area (Å²) >= 11 is 0. The number of benzene rings is 2. The standard InChI is InChI=1S/C22H25F3N2O3/c1-15-19(29-2)12-17(13-20(15)30-3)21(28)27-10-8-26(9-11-27)14-16-4-6-18(7-5-16)22(23,24)25/h4-7,12-13H,8-11,14H2,1-3H3. The van der Waals surface area contributed by atoms with Gasteiger partial charge in [-0.1, -0.05) is 12.1 Å². The molecular formula is C22H25F3N2O3. The molecule has 1 aliphatic rings. The summed E-state index contributed by atoms with van der Waals surface area (Å²) < 4.78 is 48.8. The fraction of sp³-hybridized carbons (Fsp3) is 0.409. The maximum Gasteiger partial charge on any atom is 0.416 e. The number of methoxy groups -OCH3 is 2. The number of halogens is 3. The van der Waals surface area contributed by atoms with Gasteiger partial charge in [0.1, 0.15) is 11.5 Å². The quantitative estimate of drug-likeness (QED) is 0.731. The number of nitrogens with zero attached hydrogens (tertiary/aromatic N) is 2. The smallest absolute Gasteiger partial charge is 0.416 e. The fourth-order valence-corrected chi connectivity index (χ4v) is 3.56. The third-order valence-corrected chi connectivity index (χ3v) is 5.35. The predicted octanol–water partition coefficient (Wildman–Crippen LogP) is 3.99. The Labute approximate surface area is 174 Å². The summed E-state index contributed by atoms with van der Waals surface area (Å²) in [5.41, 5.74) is 1.50. The maximum absolute atomic E-state index is 12.9. The molecule has 0 saturated carbocycles. The van der Waals surface area contributed by atoms with Gasteiger partial charge in [0.05, 0.1) is 19.8 Å². The Balaban J connectivity index is 1.61. The van der Waals surface area contributed by atoms with E-state index in [1.54, 1.807) is 31.3 Å². The van der Waals surface area contributed by atoms with Crippen molar-refractivity contribution in [2.75, 3.05) is 40.4 Å². The van der Waals surface area contributed by atoms with Crippen molar-refractivity contribution in [1.29, 1.82) is 0 Å². The molecule has 0 unspecified atom stereocenters. The molecule has 2 aromatic carbocycles. The molecule has 162 valence electrons. The van der Waals surface area contributed by atoms with Crippen molar-refractivity contribution < 1.29 is 27.4 Å². The van der Waals surface area contributed by atoms with Gasteiger partial charge in [-0.25, -0.2) is 0 Å². The molecule has 3 rings (SSSR count). The number of amides is 1. The summed E-state index contributed by atoms with van der Waals surface area (Å²) in [5, 5.41) is 0. The summed E-state index contributed by atoms with van der Waals surface area (Å²) in [6.07, 6.45) is -4.33. The summed E-state index contributed by atoms with van der Waals surface area (Å²) in [6, 6.07) is 8.65. The van der Waals surface area contributed by atoms with Crippen LogP contribution in [0.25, 0.3) is 0 Å². The van der Waals surface area contributed by atoms with Crippen LogP contribution in [0.15, 0.2) is 36.4 Å². The van der Waals surface area contributed by atoms with Crippen LogP contribution in [0.2, 0.25) is 0 Å². The molecule has 0 N–H and O–H groups in total. The Bertz CT molecular complexity index is 864. The number of rotatable bonds is 5. The molecule has 1 aliphatic heterocycles. The molecule has 30 heavy (non-hydrogen) atoms. The molecular weight excluding hydrogens is 397 g/mol. The first-order chi connectivity index (χ1) is 14.2. The molecule has 0 aromatic heterocycles. The fourth-order valence-electron chi connectivity index (χ4n) is 3.56. The van der Waals surface area contributed by atoms with Gasteiger partial charge in [0, 0.05) is 43.9 Å². The first kappa shape index (κ1) is 22.0. The van der Waals surface area contributed by atoms with Gasteiger partial charge in [0.25, 0.3) is 5.91 Å². The number of carbonyl (C=O) groups is 1. The molecule has 1 heterocycles. The topological polar surface area (TPSA) is 42.0 Å². The summed E-state index contributed by atoms with van der Waals surface area (Å²) in [4.78, 5) is 16.8. The molecule has 0 aliphatic carbocycles. The highest BCUT2D eigenvalue weighted by atomic mass is 19.4. The van der Waals surface area contributed by atoms with E-state index in [-0.39, 0.29) is 5.91 Å². The predicted molar refractivity (Wildman–Crippen MR) is 107 cm³/mol. The number of piperazine rings is 1. The number of hydrogen-bond acceptors (Lipinski definition) is 4. The van der Waals surface area contributed by atoms with E-state index in [1.165, 1.54) is 12.1 Å². The number of ether oxygens (including phenoxy) is 2. The average molecular weight is 422 g/mol. The minimum absolute atomic E-state index is 0.0965. The zero-order chi connectivity index (χ0) is 21.9. The highest BCUT2D eigenvalue weighted by molar-refractivity contribution is 5.95. The van der Waals surface area contributed by atoms with E-state index < -0.39 is 11.7 Å². The Morgan fingerprint density at radius 2 is 1.50 bits per heavy atom. The highest BCUT2D eigenvalue weighted by Crippen LogP contribution is 2.31. The van der Waals surface area contributed by atoms with Crippen molar-refractivity contribution in [3.05, 3.63) is 58.7 Å². The second-order valence-corrected chi connectivity index (χ2v) is 7.27. The third kappa shape index (κ3) is 4.87. The van der Waals surface area contributed by atoms with E-state index in [2.05, 4.69) is 4.90 Å². The lowest BCUT2D eigenvalue weighted by Gasteiger charge is -2.35. The van der Waals surface area contributed by atoms with Gasteiger partial charge in [-0.3, -0.25) is 9.69 Å². The van der Waals surface area contributed by atoms with Gasteiger partial charge in [-0.15, -0.1) is 0 Å². The van der Waals surface area contributed by atoms with Gasteiger partial charge in [-0.2, -0.15) is 13.2 Å². The Kier molecular flexibility index (Phi) is 6.55. The lowest BCUT2D eigenvalue weighted by Crippen LogP contribution is -2.48. The Morgan fingerprint density at radius 3 is 1.97 bits per heavy atom. The minimum Gasteiger partial charge on any atom is -0.496 e. The maximum atomic E-state index is 12.9. The monoisotopic (exact) mass is 422 g/mol. The van der Waals surface area contributed by atoms with E-state index >= 15 is 0 Å². The zero-order valence-electron chi connectivity index (χ0n) is 17.3. The molecule has 0 spiro atoms. The highest BCUT2D eigenvalue weighted by Gasteiger charge is 2.30. The molecule has 8 heteroatoms. The molecule has 0 atom stereocenters. The van der Waals surface area contributed by atoms with E-state index in [0.717, 1.165) is 23.3 Å². The largest absolute Gasteiger partial charge is 0.496 e. The lowest BCUT2D eigenvalue weighted by atomic mass is 10.1. The van der Waals surface area contributed by atoms with Gasteiger partial charge < -0.3 is 14.4 Å². The van der Waals surface area contributed by atoms with E-state index in [9.17, 15) is 18.0 Å². The van der Waals surface area contributed by atoms with Crippen molar-refractivity contribution in [2.24, 2.45) is 0 Å². The Hall–Kier alpha value is -2.74. The van der Waals surface area contributed by atoms with Gasteiger partial charge in [0.2, 0.25) is 0 Å². The van der Waals surface area contributed by atoms with Crippen LogP contribution in [0, 0.1) is 6.92 Å². The molecule has 2 aromatic rings. The van der Waals surface area contributed by atoms with Crippen LogP contribution in [0.1, 0.15) is 27.0 Å². The van der Waals surface area contributed by atoms with Crippen molar-refractivity contribution in [2.45, 2.75) is 19.6 Å². The second-order valence-electron chi connectivity index (χ2n) is 7.27. The van der Waals surface area contributed by atoms with E-state index in [4.69, 9.17) is 9.47 Å². The second kappa shape index (κ2) is 8.95. The lowest BCUT2D eigenvalue weighted by molar-refractivity contribution is -0.137. The van der Waals surface area contributed by atoms with Gasteiger partial charge in [-0.05, 0) is 36.8 Å². The van der Waals surface area contributed by atoms with Crippen LogP contribution in [-0.4, -0.2) is 56.1 Å². The summed E-state index contributed by atoms with van der Waals surface area (Å²) in [5.74, 6) is 1.10. The minimum atomic E-state index is -4.33. The zero-order valence-corrected chi connectivity index (χ0v) is 17.3. The third-order valence-electron chi connectivity index (χ3n) is 5.35. The van der Waals surface area contributed by atoms with Crippen molar-refractivity contribution >= 4 is 5.91 Å². The van der Waals surface area contributed by atoms with Crippen molar-refractivity contribution in [3.63, 3.8) is 0 Å². The van der Waals surface area contributed by atoms with Crippen LogP contribution in [-0.2, 0) is 12.7 Å². The van der Waals surface area contributed by atoms with Crippen LogP contribution in [0.5, 0.6) is 11.5 Å². The molecule has 1 saturated heterocycles. The van der Waals surface area contributed by atoms with Crippen LogP contribution in [0.3, 0.4) is 0 Å². The number of hydrogen-bond donors (Lipinski definition) is 0. The first-order valence-corrected chi connectivity index (χ1v) is 9.63. The SMILES string of the molecule is COc1cc(C(=O)N2CCN(Cc3ccc(C(F)(F)F)cc3)CC2)cc(OC)c1C. The van der Waals surface area contributed by atoms with Crippen LogP contribution >= 0.6 is 0 Å². The summed E-state index contributed by atoms with van der Waals surface area (Å²) in [6.45, 7) is 4.79. The summed E-state index contributed by atoms with van der Waals surface area (Å²) in [7, 11) is 3.10. The van der Waals surface area contributed by atoms with E-state index in [1.807, 2.05) is 6.92 Å². The van der Waals surface area contributed by atoms with Gasteiger partial charge in [0.15, 0.2) is 0 Å². The van der Waals surface area contributed by atoms with Crippen molar-refractivity contribution in [3.8, 4) is 11.5 Å². The van der Waals surface area contributed by atoms with Crippen LogP contribution < -0.4 is 9.47 Å².